The van der Waals surface area contributed by atoms with E-state index in [0.29, 0.717) is 0 Å². The molecule has 0 bridgehead atoms. The number of ether oxygens (including phenoxy) is 1. The Balaban J connectivity index is 2.72. The summed E-state index contributed by atoms with van der Waals surface area (Å²) in [5.41, 5.74) is -0.873. The molecule has 0 saturated heterocycles. The molecule has 1 heterocycles. The highest BCUT2D eigenvalue weighted by Crippen LogP contribution is 2.28. The third kappa shape index (κ3) is 2.33. The summed E-state index contributed by atoms with van der Waals surface area (Å²) in [4.78, 5) is 25.5. The number of hydrogen-bond donors (Lipinski definition) is 2. The number of aromatic nitrogens is 1. The quantitative estimate of drug-likeness (QED) is 0.886. The second-order valence-corrected chi connectivity index (χ2v) is 3.76. The maximum atomic E-state index is 13.3. The molecule has 0 unspecified atom stereocenters. The normalized spacial score (nSPS) is 10.2. The maximum Gasteiger partial charge on any atom is 0.341 e. The Bertz CT molecular complexity index is 693. The van der Waals surface area contributed by atoms with Gasteiger partial charge in [-0.1, -0.05) is 0 Å². The molecule has 1 aromatic carbocycles. The first-order chi connectivity index (χ1) is 9.04. The molecule has 1 aromatic heterocycles. The SMILES string of the molecule is COc1ccc(F)cc1-c1c[nH]cc(C(=O)O)c1=O. The van der Waals surface area contributed by atoms with Crippen molar-refractivity contribution in [3.05, 3.63) is 52.2 Å². The Kier molecular flexibility index (Phi) is 3.33. The van der Waals surface area contributed by atoms with Crippen molar-refractivity contribution in [3.8, 4) is 16.9 Å². The van der Waals surface area contributed by atoms with Crippen LogP contribution in [0.1, 0.15) is 10.4 Å². The number of carboxylic acids is 1. The van der Waals surface area contributed by atoms with Crippen LogP contribution in [0.5, 0.6) is 5.75 Å². The summed E-state index contributed by atoms with van der Waals surface area (Å²) in [5, 5.41) is 8.89. The molecule has 0 aliphatic heterocycles. The molecule has 2 aromatic rings. The van der Waals surface area contributed by atoms with Gasteiger partial charge in [0.1, 0.15) is 17.1 Å². The molecule has 0 radical (unpaired) electrons. The zero-order valence-corrected chi connectivity index (χ0v) is 9.94. The summed E-state index contributed by atoms with van der Waals surface area (Å²) in [7, 11) is 1.38. The zero-order chi connectivity index (χ0) is 14.0. The lowest BCUT2D eigenvalue weighted by Gasteiger charge is -2.08. The number of hydrogen-bond acceptors (Lipinski definition) is 3. The predicted octanol–water partition coefficient (Wildman–Crippen LogP) is 1.89. The molecule has 0 fully saturated rings. The average molecular weight is 263 g/mol. The van der Waals surface area contributed by atoms with Crippen LogP contribution in [0.4, 0.5) is 4.39 Å². The van der Waals surface area contributed by atoms with Crippen molar-refractivity contribution in [2.24, 2.45) is 0 Å². The van der Waals surface area contributed by atoms with Crippen LogP contribution in [-0.2, 0) is 0 Å². The summed E-state index contributed by atoms with van der Waals surface area (Å²) in [6, 6.07) is 3.68. The first-order valence-corrected chi connectivity index (χ1v) is 5.33. The topological polar surface area (TPSA) is 79.4 Å². The largest absolute Gasteiger partial charge is 0.496 e. The lowest BCUT2D eigenvalue weighted by atomic mass is 10.0. The number of carboxylic acid groups (broad SMARTS) is 1. The van der Waals surface area contributed by atoms with Gasteiger partial charge in [0.2, 0.25) is 5.43 Å². The summed E-state index contributed by atoms with van der Waals surface area (Å²) in [6.07, 6.45) is 2.39. The molecule has 0 aliphatic carbocycles. The Morgan fingerprint density at radius 1 is 1.32 bits per heavy atom. The van der Waals surface area contributed by atoms with Gasteiger partial charge < -0.3 is 14.8 Å². The highest BCUT2D eigenvalue weighted by Gasteiger charge is 2.16. The number of benzene rings is 1. The van der Waals surface area contributed by atoms with Crippen LogP contribution in [0.25, 0.3) is 11.1 Å². The fraction of sp³-hybridized carbons (Fsp3) is 0.0769. The van der Waals surface area contributed by atoms with E-state index in [1.54, 1.807) is 0 Å². The summed E-state index contributed by atoms with van der Waals surface area (Å²) in [6.45, 7) is 0. The smallest absolute Gasteiger partial charge is 0.341 e. The molecule has 0 spiro atoms. The van der Waals surface area contributed by atoms with Crippen molar-refractivity contribution in [2.45, 2.75) is 0 Å². The standard InChI is InChI=1S/C13H10FNO4/c1-19-11-3-2-7(14)4-8(11)9-5-15-6-10(12(9)16)13(17)18/h2-6H,1H3,(H,15,16)(H,17,18). The number of aromatic carboxylic acids is 1. The highest BCUT2D eigenvalue weighted by atomic mass is 19.1. The zero-order valence-electron chi connectivity index (χ0n) is 9.94. The number of pyridine rings is 1. The van der Waals surface area contributed by atoms with E-state index in [0.717, 1.165) is 12.3 Å². The van der Waals surface area contributed by atoms with Gasteiger partial charge in [-0.15, -0.1) is 0 Å². The van der Waals surface area contributed by atoms with Crippen molar-refractivity contribution in [2.75, 3.05) is 7.11 Å². The van der Waals surface area contributed by atoms with Gasteiger partial charge in [-0.25, -0.2) is 9.18 Å². The fourth-order valence-electron chi connectivity index (χ4n) is 1.73. The molecule has 98 valence electrons. The molecule has 0 aliphatic rings. The third-order valence-electron chi connectivity index (χ3n) is 2.63. The van der Waals surface area contributed by atoms with Crippen LogP contribution < -0.4 is 10.2 Å². The number of nitrogens with one attached hydrogen (secondary N) is 1. The van der Waals surface area contributed by atoms with E-state index in [1.807, 2.05) is 0 Å². The monoisotopic (exact) mass is 263 g/mol. The minimum atomic E-state index is -1.35. The summed E-state index contributed by atoms with van der Waals surface area (Å²) in [5.74, 6) is -1.61. The van der Waals surface area contributed by atoms with Crippen molar-refractivity contribution < 1.29 is 19.0 Å². The van der Waals surface area contributed by atoms with Crippen molar-refractivity contribution in [1.29, 1.82) is 0 Å². The van der Waals surface area contributed by atoms with Gasteiger partial charge >= 0.3 is 5.97 Å². The molecular weight excluding hydrogens is 253 g/mol. The second kappa shape index (κ2) is 4.93. The van der Waals surface area contributed by atoms with Crippen LogP contribution in [0.15, 0.2) is 35.4 Å². The number of H-pyrrole nitrogens is 1. The number of aromatic amines is 1. The number of halogens is 1. The van der Waals surface area contributed by atoms with E-state index < -0.39 is 22.8 Å². The third-order valence-corrected chi connectivity index (χ3v) is 2.63. The van der Waals surface area contributed by atoms with E-state index in [1.165, 1.54) is 25.4 Å². The van der Waals surface area contributed by atoms with Gasteiger partial charge in [0.25, 0.3) is 0 Å². The molecule has 0 amide bonds. The number of methoxy groups -OCH3 is 1. The first kappa shape index (κ1) is 12.8. The van der Waals surface area contributed by atoms with E-state index in [9.17, 15) is 14.0 Å². The highest BCUT2D eigenvalue weighted by molar-refractivity contribution is 5.89. The molecule has 5 nitrogen and oxygen atoms in total. The Morgan fingerprint density at radius 2 is 2.05 bits per heavy atom. The van der Waals surface area contributed by atoms with Crippen LogP contribution in [0, 0.1) is 5.82 Å². The van der Waals surface area contributed by atoms with E-state index in [-0.39, 0.29) is 16.9 Å². The Hall–Kier alpha value is -2.63. The van der Waals surface area contributed by atoms with Gasteiger partial charge in [-0.05, 0) is 18.2 Å². The molecule has 0 atom stereocenters. The Labute approximate surface area is 107 Å². The lowest BCUT2D eigenvalue weighted by molar-refractivity contribution is 0.0695. The van der Waals surface area contributed by atoms with Gasteiger partial charge in [-0.2, -0.15) is 0 Å². The van der Waals surface area contributed by atoms with E-state index in [2.05, 4.69) is 4.98 Å². The molecule has 2 N–H and O–H groups in total. The van der Waals surface area contributed by atoms with Crippen LogP contribution in [0.3, 0.4) is 0 Å². The van der Waals surface area contributed by atoms with Crippen LogP contribution in [0.2, 0.25) is 0 Å². The molecule has 2 rings (SSSR count). The van der Waals surface area contributed by atoms with Crippen LogP contribution in [-0.4, -0.2) is 23.2 Å². The average Bonchev–Trinajstić information content (AvgIpc) is 2.38. The van der Waals surface area contributed by atoms with Gasteiger partial charge in [0.15, 0.2) is 0 Å². The van der Waals surface area contributed by atoms with E-state index >= 15 is 0 Å². The number of rotatable bonds is 3. The Morgan fingerprint density at radius 3 is 2.68 bits per heavy atom. The van der Waals surface area contributed by atoms with Gasteiger partial charge in [-0.3, -0.25) is 4.79 Å². The minimum Gasteiger partial charge on any atom is -0.496 e. The molecule has 19 heavy (non-hydrogen) atoms. The molecular formula is C13H10FNO4. The maximum absolute atomic E-state index is 13.3. The predicted molar refractivity (Wildman–Crippen MR) is 66.0 cm³/mol. The number of carbonyl (C=O) groups is 1. The second-order valence-electron chi connectivity index (χ2n) is 3.76. The molecule has 0 saturated carbocycles. The first-order valence-electron chi connectivity index (χ1n) is 5.33. The van der Waals surface area contributed by atoms with Crippen molar-refractivity contribution in [1.82, 2.24) is 4.98 Å². The van der Waals surface area contributed by atoms with Crippen LogP contribution >= 0.6 is 0 Å². The minimum absolute atomic E-state index is 0.0382. The van der Waals surface area contributed by atoms with E-state index in [4.69, 9.17) is 9.84 Å². The molecule has 6 heteroatoms. The summed E-state index contributed by atoms with van der Waals surface area (Å²) < 4.78 is 18.3. The van der Waals surface area contributed by atoms with Gasteiger partial charge in [0.05, 0.1) is 7.11 Å². The van der Waals surface area contributed by atoms with Gasteiger partial charge in [0, 0.05) is 23.5 Å². The van der Waals surface area contributed by atoms with Crippen molar-refractivity contribution >= 4 is 5.97 Å². The lowest BCUT2D eigenvalue weighted by Crippen LogP contribution is -2.16. The summed E-state index contributed by atoms with van der Waals surface area (Å²) >= 11 is 0. The van der Waals surface area contributed by atoms with Crippen molar-refractivity contribution in [3.63, 3.8) is 0 Å². The fourth-order valence-corrected chi connectivity index (χ4v) is 1.73.